The Balaban J connectivity index is 1.56. The highest BCUT2D eigenvalue weighted by Gasteiger charge is 2.10. The zero-order valence-corrected chi connectivity index (χ0v) is 32.2. The van der Waals surface area contributed by atoms with Crippen LogP contribution in [-0.4, -0.2) is 0 Å². The Morgan fingerprint density at radius 1 is 0.447 bits per heavy atom. The fourth-order valence-electron chi connectivity index (χ4n) is 6.49. The first kappa shape index (κ1) is 41.8. The van der Waals surface area contributed by atoms with E-state index in [1.807, 2.05) is 36.4 Å². The lowest BCUT2D eigenvalue weighted by molar-refractivity contribution is -0.191. The van der Waals surface area contributed by atoms with Crippen LogP contribution in [0.3, 0.4) is 0 Å². The molecule has 0 N–H and O–H groups in total. The molecule has 0 saturated heterocycles. The Hall–Kier alpha value is -1.35. The molecule has 0 aromatic heterocycles. The number of hydrogen-bond acceptors (Lipinski definition) is 4. The summed E-state index contributed by atoms with van der Waals surface area (Å²) in [6.45, 7) is 0.850. The summed E-state index contributed by atoms with van der Waals surface area (Å²) in [5, 5.41) is 0. The minimum absolute atomic E-state index is 0.527. The molecule has 5 heteroatoms. The van der Waals surface area contributed by atoms with Gasteiger partial charge < -0.3 is 13.9 Å². The van der Waals surface area contributed by atoms with Gasteiger partial charge in [0.1, 0.15) is 11.5 Å². The van der Waals surface area contributed by atoms with Gasteiger partial charge in [-0.05, 0) is 72.9 Å². The summed E-state index contributed by atoms with van der Waals surface area (Å²) in [6, 6.07) is 15.7. The number of aryl methyl sites for hydroxylation is 2. The highest BCUT2D eigenvalue weighted by atomic mass is 32.5. The summed E-state index contributed by atoms with van der Waals surface area (Å²) in [4.78, 5) is 13.1. The maximum atomic E-state index is 13.1. The minimum Gasteiger partial charge on any atom is -0.760 e. The molecule has 2 rings (SSSR count). The van der Waals surface area contributed by atoms with Crippen molar-refractivity contribution >= 4 is 18.5 Å². The van der Waals surface area contributed by atoms with Crippen molar-refractivity contribution in [3.63, 3.8) is 0 Å². The SMILES string of the molecule is CCCCCCCCCCCCCCCc1cccc(OP([O-])(=S)Oc2cccc(CCCCCCCCCCCCCCC)c2)c1. The van der Waals surface area contributed by atoms with Crippen LogP contribution < -0.4 is 13.9 Å². The predicted molar refractivity (Wildman–Crippen MR) is 207 cm³/mol. The summed E-state index contributed by atoms with van der Waals surface area (Å²) in [6.07, 6.45) is 37.2. The van der Waals surface area contributed by atoms with Gasteiger partial charge in [-0.2, -0.15) is 0 Å². The van der Waals surface area contributed by atoms with Crippen LogP contribution in [-0.2, 0) is 24.6 Å². The van der Waals surface area contributed by atoms with Gasteiger partial charge in [0, 0.05) is 0 Å². The zero-order chi connectivity index (χ0) is 33.7. The maximum absolute atomic E-state index is 13.1. The van der Waals surface area contributed by atoms with E-state index < -0.39 is 6.72 Å². The number of unbranched alkanes of at least 4 members (excludes halogenated alkanes) is 24. The quantitative estimate of drug-likeness (QED) is 0.0568. The first-order valence-corrected chi connectivity index (χ1v) is 22.5. The van der Waals surface area contributed by atoms with Gasteiger partial charge in [-0.15, -0.1) is 0 Å². The van der Waals surface area contributed by atoms with Crippen LogP contribution in [0.4, 0.5) is 0 Å². The normalized spacial score (nSPS) is 11.6. The van der Waals surface area contributed by atoms with E-state index in [0.29, 0.717) is 11.5 Å². The van der Waals surface area contributed by atoms with Crippen LogP contribution in [0.5, 0.6) is 11.5 Å². The lowest BCUT2D eigenvalue weighted by Gasteiger charge is -2.28. The van der Waals surface area contributed by atoms with Crippen LogP contribution in [0.1, 0.15) is 192 Å². The fourth-order valence-corrected chi connectivity index (χ4v) is 7.78. The molecule has 2 aromatic rings. The van der Waals surface area contributed by atoms with Crippen molar-refractivity contribution in [1.29, 1.82) is 0 Å². The maximum Gasteiger partial charge on any atom is 0.221 e. The Labute approximate surface area is 296 Å². The molecule has 0 saturated carbocycles. The van der Waals surface area contributed by atoms with E-state index >= 15 is 0 Å². The minimum atomic E-state index is -3.71. The molecule has 268 valence electrons. The molecule has 0 heterocycles. The number of rotatable bonds is 32. The van der Waals surface area contributed by atoms with Crippen LogP contribution in [0, 0.1) is 0 Å². The molecular formula is C42H70O3PS-. The van der Waals surface area contributed by atoms with Crippen molar-refractivity contribution < 1.29 is 13.9 Å². The van der Waals surface area contributed by atoms with Crippen molar-refractivity contribution in [3.8, 4) is 11.5 Å². The highest BCUT2D eigenvalue weighted by Crippen LogP contribution is 2.41. The smallest absolute Gasteiger partial charge is 0.221 e. The molecule has 0 radical (unpaired) electrons. The number of hydrogen-bond donors (Lipinski definition) is 0. The standard InChI is InChI=1S/C42H71O3PS/c1-3-5-7-9-11-13-15-17-19-21-23-25-27-31-39-33-29-35-41(37-39)44-46(43,47)45-42-36-30-34-40(38-42)32-28-26-24-22-20-18-16-14-12-10-8-6-4-2/h29-30,33-38H,3-28,31-32H2,1-2H3,(H,43,47)/p-1. The van der Waals surface area contributed by atoms with Gasteiger partial charge in [0.2, 0.25) is 6.72 Å². The van der Waals surface area contributed by atoms with Gasteiger partial charge in [-0.3, -0.25) is 0 Å². The van der Waals surface area contributed by atoms with Crippen LogP contribution >= 0.6 is 6.72 Å². The second-order valence-electron chi connectivity index (χ2n) is 13.9. The summed E-state index contributed by atoms with van der Waals surface area (Å²) < 4.78 is 11.5. The van der Waals surface area contributed by atoms with Crippen LogP contribution in [0.25, 0.3) is 0 Å². The van der Waals surface area contributed by atoms with Crippen molar-refractivity contribution in [2.75, 3.05) is 0 Å². The highest BCUT2D eigenvalue weighted by molar-refractivity contribution is 8.06. The van der Waals surface area contributed by atoms with Crippen molar-refractivity contribution in [3.05, 3.63) is 59.7 Å². The van der Waals surface area contributed by atoms with E-state index in [-0.39, 0.29) is 0 Å². The molecule has 0 aliphatic rings. The van der Waals surface area contributed by atoms with Crippen molar-refractivity contribution in [1.82, 2.24) is 0 Å². The Bertz CT molecular complexity index is 978. The van der Waals surface area contributed by atoms with Crippen LogP contribution in [0.2, 0.25) is 0 Å². The first-order chi connectivity index (χ1) is 23.0. The molecule has 2 aromatic carbocycles. The van der Waals surface area contributed by atoms with E-state index in [4.69, 9.17) is 20.9 Å². The Morgan fingerprint density at radius 2 is 0.723 bits per heavy atom. The molecule has 0 aliphatic heterocycles. The third-order valence-corrected chi connectivity index (χ3v) is 10.7. The van der Waals surface area contributed by atoms with Crippen LogP contribution in [0.15, 0.2) is 48.5 Å². The Morgan fingerprint density at radius 3 is 1.02 bits per heavy atom. The van der Waals surface area contributed by atoms with E-state index in [9.17, 15) is 4.89 Å². The van der Waals surface area contributed by atoms with Gasteiger partial charge >= 0.3 is 0 Å². The van der Waals surface area contributed by atoms with E-state index in [1.165, 1.54) is 165 Å². The lowest BCUT2D eigenvalue weighted by Crippen LogP contribution is -2.13. The fraction of sp³-hybridized carbons (Fsp3) is 0.714. The Kier molecular flexibility index (Phi) is 25.3. The third-order valence-electron chi connectivity index (χ3n) is 9.37. The molecular weight excluding hydrogens is 616 g/mol. The molecule has 0 fully saturated rings. The van der Waals surface area contributed by atoms with E-state index in [1.54, 1.807) is 0 Å². The lowest BCUT2D eigenvalue weighted by atomic mass is 10.0. The summed E-state index contributed by atoms with van der Waals surface area (Å²) in [7, 11) is 0. The predicted octanol–water partition coefficient (Wildman–Crippen LogP) is 14.0. The van der Waals surface area contributed by atoms with Gasteiger partial charge in [-0.25, -0.2) is 0 Å². The molecule has 3 nitrogen and oxygen atoms in total. The summed E-state index contributed by atoms with van der Waals surface area (Å²) in [5.41, 5.74) is 2.39. The van der Waals surface area contributed by atoms with Gasteiger partial charge in [0.25, 0.3) is 0 Å². The first-order valence-electron chi connectivity index (χ1n) is 19.9. The van der Waals surface area contributed by atoms with Gasteiger partial charge in [0.05, 0.1) is 0 Å². The van der Waals surface area contributed by atoms with Crippen molar-refractivity contribution in [2.45, 2.75) is 194 Å². The summed E-state index contributed by atoms with van der Waals surface area (Å²) in [5.74, 6) is 1.05. The van der Waals surface area contributed by atoms with Gasteiger partial charge in [-0.1, -0.05) is 192 Å². The second-order valence-corrected chi connectivity index (χ2v) is 16.5. The molecule has 0 aliphatic carbocycles. The monoisotopic (exact) mass is 685 g/mol. The molecule has 0 bridgehead atoms. The topological polar surface area (TPSA) is 41.5 Å². The molecule has 0 unspecified atom stereocenters. The average molecular weight is 686 g/mol. The summed E-state index contributed by atoms with van der Waals surface area (Å²) >= 11 is 5.30. The third kappa shape index (κ3) is 23.6. The molecule has 47 heavy (non-hydrogen) atoms. The molecule has 0 spiro atoms. The number of benzene rings is 2. The van der Waals surface area contributed by atoms with E-state index in [0.717, 1.165) is 25.7 Å². The second kappa shape index (κ2) is 28.5. The molecule has 0 atom stereocenters. The zero-order valence-electron chi connectivity index (χ0n) is 30.5. The average Bonchev–Trinajstić information content (AvgIpc) is 3.05. The van der Waals surface area contributed by atoms with Crippen molar-refractivity contribution in [2.24, 2.45) is 0 Å². The largest absolute Gasteiger partial charge is 0.760 e. The van der Waals surface area contributed by atoms with Gasteiger partial charge in [0.15, 0.2) is 0 Å². The van der Waals surface area contributed by atoms with E-state index in [2.05, 4.69) is 26.0 Å². The molecule has 0 amide bonds.